The minimum absolute atomic E-state index is 0.0925. The zero-order valence-corrected chi connectivity index (χ0v) is 8.32. The van der Waals surface area contributed by atoms with Crippen LogP contribution in [0.25, 0.3) is 0 Å². The van der Waals surface area contributed by atoms with E-state index in [0.717, 1.165) is 24.0 Å². The van der Waals surface area contributed by atoms with Crippen LogP contribution < -0.4 is 0 Å². The Hall–Kier alpha value is -1.15. The summed E-state index contributed by atoms with van der Waals surface area (Å²) in [7, 11) is 1.67. The molecule has 2 nitrogen and oxygen atoms in total. The number of rotatable bonds is 1. The number of ether oxygens (including phenoxy) is 1. The quantitative estimate of drug-likeness (QED) is 0.635. The Morgan fingerprint density at radius 2 is 2.14 bits per heavy atom. The molecule has 2 heteroatoms. The number of carbonyl (C=O) groups excluding carboxylic acids is 1. The molecule has 0 radical (unpaired) electrons. The third-order valence-corrected chi connectivity index (χ3v) is 2.80. The molecule has 1 unspecified atom stereocenters. The first-order valence-corrected chi connectivity index (χ1v) is 4.95. The Morgan fingerprint density at radius 1 is 1.36 bits per heavy atom. The number of hydrogen-bond acceptors (Lipinski definition) is 2. The first-order chi connectivity index (χ1) is 6.81. The van der Waals surface area contributed by atoms with Crippen LogP contribution in [-0.2, 0) is 11.2 Å². The van der Waals surface area contributed by atoms with Gasteiger partial charge in [0, 0.05) is 19.1 Å². The Morgan fingerprint density at radius 3 is 2.93 bits per heavy atom. The molecular formula is C12H14O2. The summed E-state index contributed by atoms with van der Waals surface area (Å²) >= 11 is 0. The predicted octanol–water partition coefficient (Wildman–Crippen LogP) is 2.22. The lowest BCUT2D eigenvalue weighted by molar-refractivity contribution is 0.0720. The molecule has 0 aliphatic heterocycles. The van der Waals surface area contributed by atoms with Gasteiger partial charge >= 0.3 is 0 Å². The molecule has 1 aliphatic rings. The molecule has 74 valence electrons. The van der Waals surface area contributed by atoms with Gasteiger partial charge in [-0.05, 0) is 18.4 Å². The van der Waals surface area contributed by atoms with Crippen molar-refractivity contribution in [1.82, 2.24) is 0 Å². The fourth-order valence-corrected chi connectivity index (χ4v) is 1.95. The van der Waals surface area contributed by atoms with Gasteiger partial charge in [0.25, 0.3) is 0 Å². The van der Waals surface area contributed by atoms with E-state index in [4.69, 9.17) is 4.74 Å². The van der Waals surface area contributed by atoms with Crippen LogP contribution in [0.2, 0.25) is 0 Å². The highest BCUT2D eigenvalue weighted by Crippen LogP contribution is 2.21. The van der Waals surface area contributed by atoms with Gasteiger partial charge in [0.1, 0.15) is 0 Å². The van der Waals surface area contributed by atoms with Gasteiger partial charge in [-0.2, -0.15) is 0 Å². The average molecular weight is 190 g/mol. The van der Waals surface area contributed by atoms with E-state index in [2.05, 4.69) is 0 Å². The van der Waals surface area contributed by atoms with Crippen LogP contribution in [0, 0.1) is 0 Å². The van der Waals surface area contributed by atoms with Gasteiger partial charge in [0.15, 0.2) is 5.78 Å². The molecule has 0 heterocycles. The molecule has 0 saturated carbocycles. The second kappa shape index (κ2) is 3.93. The number of Topliss-reactive ketones (excluding diaryl/α,β-unsaturated/α-hetero) is 1. The summed E-state index contributed by atoms with van der Waals surface area (Å²) in [6.07, 6.45) is 2.50. The number of carbonyl (C=O) groups is 1. The number of benzene rings is 1. The first kappa shape index (κ1) is 9.41. The molecule has 1 atom stereocenters. The molecule has 0 N–H and O–H groups in total. The molecule has 1 aromatic carbocycles. The summed E-state index contributed by atoms with van der Waals surface area (Å²) in [4.78, 5) is 11.8. The lowest BCUT2D eigenvalue weighted by atomic mass is 10.0. The maximum absolute atomic E-state index is 11.8. The van der Waals surface area contributed by atoms with E-state index in [0.29, 0.717) is 6.42 Å². The second-order valence-corrected chi connectivity index (χ2v) is 3.68. The fraction of sp³-hybridized carbons (Fsp3) is 0.417. The highest BCUT2D eigenvalue weighted by Gasteiger charge is 2.21. The fourth-order valence-electron chi connectivity index (χ4n) is 1.95. The lowest BCUT2D eigenvalue weighted by Gasteiger charge is -2.09. The van der Waals surface area contributed by atoms with Gasteiger partial charge in [-0.1, -0.05) is 24.3 Å². The van der Waals surface area contributed by atoms with Crippen molar-refractivity contribution in [2.24, 2.45) is 0 Å². The van der Waals surface area contributed by atoms with Crippen LogP contribution in [-0.4, -0.2) is 19.0 Å². The van der Waals surface area contributed by atoms with E-state index >= 15 is 0 Å². The van der Waals surface area contributed by atoms with Crippen molar-refractivity contribution in [2.75, 3.05) is 7.11 Å². The third kappa shape index (κ3) is 1.70. The predicted molar refractivity (Wildman–Crippen MR) is 54.5 cm³/mol. The summed E-state index contributed by atoms with van der Waals surface area (Å²) in [6.45, 7) is 0. The van der Waals surface area contributed by atoms with Crippen LogP contribution in [0.3, 0.4) is 0 Å². The van der Waals surface area contributed by atoms with E-state index in [1.807, 2.05) is 24.3 Å². The SMILES string of the molecule is COC1CCc2ccccc2C(=O)C1. The van der Waals surface area contributed by atoms with Crippen molar-refractivity contribution >= 4 is 5.78 Å². The number of aryl methyl sites for hydroxylation is 1. The molecule has 2 rings (SSSR count). The van der Waals surface area contributed by atoms with Gasteiger partial charge in [-0.15, -0.1) is 0 Å². The minimum Gasteiger partial charge on any atom is -0.381 e. The minimum atomic E-state index is 0.0925. The average Bonchev–Trinajstić information content (AvgIpc) is 2.39. The maximum atomic E-state index is 11.8. The van der Waals surface area contributed by atoms with Crippen molar-refractivity contribution in [2.45, 2.75) is 25.4 Å². The molecule has 0 spiro atoms. The molecule has 0 fully saturated rings. The van der Waals surface area contributed by atoms with E-state index in [9.17, 15) is 4.79 Å². The molecule has 0 saturated heterocycles. The molecular weight excluding hydrogens is 176 g/mol. The molecule has 1 aromatic rings. The third-order valence-electron chi connectivity index (χ3n) is 2.80. The first-order valence-electron chi connectivity index (χ1n) is 4.95. The highest BCUT2D eigenvalue weighted by atomic mass is 16.5. The number of fused-ring (bicyclic) bond motifs is 1. The van der Waals surface area contributed by atoms with Crippen LogP contribution in [0.4, 0.5) is 0 Å². The Balaban J connectivity index is 2.31. The maximum Gasteiger partial charge on any atom is 0.165 e. The topological polar surface area (TPSA) is 26.3 Å². The lowest BCUT2D eigenvalue weighted by Crippen LogP contribution is -2.13. The van der Waals surface area contributed by atoms with Gasteiger partial charge < -0.3 is 4.74 Å². The molecule has 0 aromatic heterocycles. The largest absolute Gasteiger partial charge is 0.381 e. The van der Waals surface area contributed by atoms with Crippen LogP contribution >= 0.6 is 0 Å². The zero-order valence-electron chi connectivity index (χ0n) is 8.32. The van der Waals surface area contributed by atoms with Crippen LogP contribution in [0.15, 0.2) is 24.3 Å². The Labute approximate surface area is 83.9 Å². The van der Waals surface area contributed by atoms with Crippen LogP contribution in [0.1, 0.15) is 28.8 Å². The van der Waals surface area contributed by atoms with Crippen LogP contribution in [0.5, 0.6) is 0 Å². The van der Waals surface area contributed by atoms with Gasteiger partial charge in [-0.3, -0.25) is 4.79 Å². The number of methoxy groups -OCH3 is 1. The van der Waals surface area contributed by atoms with Gasteiger partial charge in [0.2, 0.25) is 0 Å². The van der Waals surface area contributed by atoms with Gasteiger partial charge in [0.05, 0.1) is 6.10 Å². The molecule has 0 amide bonds. The summed E-state index contributed by atoms with van der Waals surface area (Å²) in [5, 5.41) is 0. The molecule has 0 bridgehead atoms. The highest BCUT2D eigenvalue weighted by molar-refractivity contribution is 5.98. The number of ketones is 1. The van der Waals surface area contributed by atoms with Crippen molar-refractivity contribution in [1.29, 1.82) is 0 Å². The smallest absolute Gasteiger partial charge is 0.165 e. The van der Waals surface area contributed by atoms with E-state index in [-0.39, 0.29) is 11.9 Å². The van der Waals surface area contributed by atoms with E-state index in [1.165, 1.54) is 0 Å². The van der Waals surface area contributed by atoms with Crippen molar-refractivity contribution in [3.05, 3.63) is 35.4 Å². The second-order valence-electron chi connectivity index (χ2n) is 3.68. The summed E-state index contributed by atoms with van der Waals surface area (Å²) in [5.41, 5.74) is 2.05. The summed E-state index contributed by atoms with van der Waals surface area (Å²) < 4.78 is 5.25. The Bertz CT molecular complexity index is 344. The normalized spacial score (nSPS) is 21.5. The summed E-state index contributed by atoms with van der Waals surface area (Å²) in [5.74, 6) is 0.213. The standard InChI is InChI=1S/C12H14O2/c1-14-10-7-6-9-4-2-3-5-11(9)12(13)8-10/h2-5,10H,6-8H2,1H3. The van der Waals surface area contributed by atoms with Crippen molar-refractivity contribution in [3.63, 3.8) is 0 Å². The van der Waals surface area contributed by atoms with Crippen molar-refractivity contribution in [3.8, 4) is 0 Å². The van der Waals surface area contributed by atoms with Crippen molar-refractivity contribution < 1.29 is 9.53 Å². The molecule has 14 heavy (non-hydrogen) atoms. The Kier molecular flexibility index (Phi) is 2.64. The number of hydrogen-bond donors (Lipinski definition) is 0. The molecule has 1 aliphatic carbocycles. The van der Waals surface area contributed by atoms with E-state index in [1.54, 1.807) is 7.11 Å². The summed E-state index contributed by atoms with van der Waals surface area (Å²) in [6, 6.07) is 7.85. The monoisotopic (exact) mass is 190 g/mol. The van der Waals surface area contributed by atoms with Gasteiger partial charge in [-0.25, -0.2) is 0 Å². The zero-order chi connectivity index (χ0) is 9.97. The van der Waals surface area contributed by atoms with E-state index < -0.39 is 0 Å².